The Hall–Kier alpha value is -1.94. The quantitative estimate of drug-likeness (QED) is 0.753. The van der Waals surface area contributed by atoms with Crippen molar-refractivity contribution in [2.45, 2.75) is 62.8 Å². The molecule has 0 aliphatic carbocycles. The highest BCUT2D eigenvalue weighted by atomic mass is 32.2. The molecule has 2 aromatic carbocycles. The summed E-state index contributed by atoms with van der Waals surface area (Å²) in [6.07, 6.45) is 0.761. The lowest BCUT2D eigenvalue weighted by molar-refractivity contribution is -0.121. The number of fused-ring (bicyclic) bond motifs is 1. The van der Waals surface area contributed by atoms with Gasteiger partial charge in [0.1, 0.15) is 11.4 Å². The van der Waals surface area contributed by atoms with Crippen molar-refractivity contribution in [1.82, 2.24) is 5.32 Å². The number of hydrogen-bond acceptors (Lipinski definition) is 3. The molecule has 0 radical (unpaired) electrons. The van der Waals surface area contributed by atoms with E-state index < -0.39 is 0 Å². The van der Waals surface area contributed by atoms with E-state index in [1.165, 1.54) is 11.1 Å². The number of nitrogens with one attached hydrogen (secondary N) is 1. The van der Waals surface area contributed by atoms with Crippen molar-refractivity contribution >= 4 is 17.7 Å². The normalized spacial score (nSPS) is 19.2. The second-order valence-corrected chi connectivity index (χ2v) is 9.16. The van der Waals surface area contributed by atoms with Gasteiger partial charge in [0.15, 0.2) is 0 Å². The monoisotopic (exact) mass is 369 g/mol. The number of carbonyl (C=O) groups excluding carboxylic acids is 1. The molecule has 26 heavy (non-hydrogen) atoms. The first-order valence-corrected chi connectivity index (χ1v) is 9.95. The maximum atomic E-state index is 12.8. The number of ether oxygens (including phenoxy) is 1. The molecule has 3 nitrogen and oxygen atoms in total. The minimum Gasteiger partial charge on any atom is -0.487 e. The second-order valence-electron chi connectivity index (χ2n) is 7.74. The first-order valence-electron chi connectivity index (χ1n) is 9.07. The number of benzene rings is 2. The van der Waals surface area contributed by atoms with Gasteiger partial charge >= 0.3 is 0 Å². The molecular formula is C22H27NO2S. The van der Waals surface area contributed by atoms with Crippen molar-refractivity contribution < 1.29 is 9.53 Å². The van der Waals surface area contributed by atoms with Crippen molar-refractivity contribution in [2.75, 3.05) is 0 Å². The van der Waals surface area contributed by atoms with Gasteiger partial charge in [-0.25, -0.2) is 0 Å². The maximum Gasteiger partial charge on any atom is 0.233 e. The van der Waals surface area contributed by atoms with Crippen LogP contribution in [0.5, 0.6) is 5.75 Å². The fourth-order valence-electron chi connectivity index (χ4n) is 3.27. The topological polar surface area (TPSA) is 38.3 Å². The Morgan fingerprint density at radius 3 is 2.50 bits per heavy atom. The summed E-state index contributed by atoms with van der Waals surface area (Å²) in [6, 6.07) is 14.4. The largest absolute Gasteiger partial charge is 0.487 e. The van der Waals surface area contributed by atoms with E-state index in [0.29, 0.717) is 0 Å². The molecule has 1 N–H and O–H groups in total. The van der Waals surface area contributed by atoms with Crippen LogP contribution in [-0.2, 0) is 4.79 Å². The average Bonchev–Trinajstić information content (AvgIpc) is 2.57. The van der Waals surface area contributed by atoms with Gasteiger partial charge in [-0.3, -0.25) is 4.79 Å². The molecule has 1 aliphatic rings. The zero-order chi connectivity index (χ0) is 18.9. The predicted molar refractivity (Wildman–Crippen MR) is 108 cm³/mol. The molecule has 0 bridgehead atoms. The van der Waals surface area contributed by atoms with E-state index in [1.54, 1.807) is 11.8 Å². The molecule has 2 atom stereocenters. The van der Waals surface area contributed by atoms with E-state index in [4.69, 9.17) is 4.74 Å². The van der Waals surface area contributed by atoms with Crippen molar-refractivity contribution in [2.24, 2.45) is 0 Å². The lowest BCUT2D eigenvalue weighted by Gasteiger charge is -2.38. The van der Waals surface area contributed by atoms with Crippen LogP contribution in [0.3, 0.4) is 0 Å². The minimum atomic E-state index is -0.298. The van der Waals surface area contributed by atoms with E-state index in [-0.39, 0.29) is 22.8 Å². The average molecular weight is 370 g/mol. The minimum absolute atomic E-state index is 0.0257. The molecule has 1 heterocycles. The number of amides is 1. The van der Waals surface area contributed by atoms with Gasteiger partial charge in [-0.1, -0.05) is 35.4 Å². The molecule has 0 spiro atoms. The predicted octanol–water partition coefficient (Wildman–Crippen LogP) is 5.20. The highest BCUT2D eigenvalue weighted by Crippen LogP contribution is 2.40. The molecular weight excluding hydrogens is 342 g/mol. The number of thioether (sulfide) groups is 1. The molecule has 4 heteroatoms. The molecule has 2 aromatic rings. The van der Waals surface area contributed by atoms with E-state index in [0.717, 1.165) is 22.6 Å². The molecule has 0 aromatic heterocycles. The number of aryl methyl sites for hydroxylation is 2. The number of carbonyl (C=O) groups is 1. The molecule has 0 unspecified atom stereocenters. The van der Waals surface area contributed by atoms with Crippen LogP contribution in [0.25, 0.3) is 0 Å². The van der Waals surface area contributed by atoms with Gasteiger partial charge in [0.2, 0.25) is 5.91 Å². The Morgan fingerprint density at radius 2 is 1.81 bits per heavy atom. The highest BCUT2D eigenvalue weighted by Gasteiger charge is 2.35. The highest BCUT2D eigenvalue weighted by molar-refractivity contribution is 8.00. The van der Waals surface area contributed by atoms with Crippen molar-refractivity contribution in [3.05, 3.63) is 59.2 Å². The third-order valence-corrected chi connectivity index (χ3v) is 5.75. The maximum absolute atomic E-state index is 12.8. The molecule has 1 aliphatic heterocycles. The summed E-state index contributed by atoms with van der Waals surface area (Å²) < 4.78 is 6.10. The van der Waals surface area contributed by atoms with Crippen molar-refractivity contribution in [1.29, 1.82) is 0 Å². The third kappa shape index (κ3) is 4.42. The van der Waals surface area contributed by atoms with Crippen LogP contribution in [0.4, 0.5) is 0 Å². The Labute approximate surface area is 160 Å². The van der Waals surface area contributed by atoms with E-state index in [1.807, 2.05) is 13.0 Å². The zero-order valence-corrected chi connectivity index (χ0v) is 16.9. The lowest BCUT2D eigenvalue weighted by atomic mass is 9.89. The zero-order valence-electron chi connectivity index (χ0n) is 16.1. The van der Waals surface area contributed by atoms with Crippen LogP contribution >= 0.6 is 11.8 Å². The molecule has 0 saturated carbocycles. The van der Waals surface area contributed by atoms with Crippen molar-refractivity contribution in [3.63, 3.8) is 0 Å². The number of hydrogen-bond donors (Lipinski definition) is 1. The SMILES string of the molecule is Cc1ccc(S[C@H](C)C(=O)N[C@@H]2CC(C)(C)Oc3ccc(C)cc32)cc1. The van der Waals surface area contributed by atoms with Gasteiger partial charge in [-0.15, -0.1) is 11.8 Å². The van der Waals surface area contributed by atoms with Gasteiger partial charge in [-0.05, 0) is 52.8 Å². The summed E-state index contributed by atoms with van der Waals surface area (Å²) in [4.78, 5) is 13.9. The Morgan fingerprint density at radius 1 is 1.15 bits per heavy atom. The summed E-state index contributed by atoms with van der Waals surface area (Å²) in [5, 5.41) is 3.09. The smallest absolute Gasteiger partial charge is 0.233 e. The Bertz CT molecular complexity index is 798. The molecule has 0 saturated heterocycles. The van der Waals surface area contributed by atoms with Crippen LogP contribution in [0.1, 0.15) is 49.9 Å². The lowest BCUT2D eigenvalue weighted by Crippen LogP contribution is -2.43. The van der Waals surface area contributed by atoms with Gasteiger partial charge in [0.05, 0.1) is 11.3 Å². The first kappa shape index (κ1) is 18.8. The van der Waals surface area contributed by atoms with Gasteiger partial charge < -0.3 is 10.1 Å². The van der Waals surface area contributed by atoms with Gasteiger partial charge in [0.25, 0.3) is 0 Å². The second kappa shape index (κ2) is 7.36. The molecule has 1 amide bonds. The van der Waals surface area contributed by atoms with E-state index >= 15 is 0 Å². The van der Waals surface area contributed by atoms with Crippen LogP contribution in [0.15, 0.2) is 47.4 Å². The summed E-state index contributed by atoms with van der Waals surface area (Å²) in [6.45, 7) is 10.2. The fraction of sp³-hybridized carbons (Fsp3) is 0.409. The summed E-state index contributed by atoms with van der Waals surface area (Å²) in [5.74, 6) is 0.932. The Kier molecular flexibility index (Phi) is 5.33. The van der Waals surface area contributed by atoms with Crippen LogP contribution in [-0.4, -0.2) is 16.8 Å². The van der Waals surface area contributed by atoms with E-state index in [2.05, 4.69) is 69.4 Å². The van der Waals surface area contributed by atoms with Crippen LogP contribution in [0, 0.1) is 13.8 Å². The summed E-state index contributed by atoms with van der Waals surface area (Å²) in [5.41, 5.74) is 3.18. The number of rotatable bonds is 4. The Balaban J connectivity index is 1.74. The summed E-state index contributed by atoms with van der Waals surface area (Å²) >= 11 is 1.59. The molecule has 0 fully saturated rings. The van der Waals surface area contributed by atoms with E-state index in [9.17, 15) is 4.79 Å². The third-order valence-electron chi connectivity index (χ3n) is 4.64. The fourth-order valence-corrected chi connectivity index (χ4v) is 4.14. The molecule has 3 rings (SSSR count). The first-order chi connectivity index (χ1) is 12.2. The van der Waals surface area contributed by atoms with Crippen LogP contribution in [0.2, 0.25) is 0 Å². The van der Waals surface area contributed by atoms with Gasteiger partial charge in [0, 0.05) is 16.9 Å². The standard InChI is InChI=1S/C22H27NO2S/c1-14-6-9-17(10-7-14)26-16(3)21(24)23-19-13-22(4,5)25-20-11-8-15(2)12-18(19)20/h6-12,16,19H,13H2,1-5H3,(H,23,24)/t16-,19-/m1/s1. The van der Waals surface area contributed by atoms with Gasteiger partial charge in [-0.2, -0.15) is 0 Å². The summed E-state index contributed by atoms with van der Waals surface area (Å²) in [7, 11) is 0. The molecule has 138 valence electrons. The van der Waals surface area contributed by atoms with Crippen LogP contribution < -0.4 is 10.1 Å². The van der Waals surface area contributed by atoms with Crippen molar-refractivity contribution in [3.8, 4) is 5.75 Å².